The summed E-state index contributed by atoms with van der Waals surface area (Å²) in [6.45, 7) is 4.04. The molecule has 32 heavy (non-hydrogen) atoms. The zero-order valence-electron chi connectivity index (χ0n) is 18.3. The van der Waals surface area contributed by atoms with Crippen LogP contribution in [0.15, 0.2) is 54.6 Å². The van der Waals surface area contributed by atoms with E-state index in [0.29, 0.717) is 30.4 Å². The summed E-state index contributed by atoms with van der Waals surface area (Å²) in [6, 6.07) is 16.1. The Morgan fingerprint density at radius 1 is 0.844 bits per heavy atom. The number of hydroxylamine groups is 2. The van der Waals surface area contributed by atoms with Gasteiger partial charge in [0.15, 0.2) is 0 Å². The molecule has 8 nitrogen and oxygen atoms in total. The molecule has 0 saturated carbocycles. The first-order chi connectivity index (χ1) is 15.5. The third-order valence-corrected chi connectivity index (χ3v) is 6.50. The number of hydrogen-bond donors (Lipinski definition) is 0. The largest absolute Gasteiger partial charge is 0.475 e. The fourth-order valence-electron chi connectivity index (χ4n) is 3.39. The van der Waals surface area contributed by atoms with Gasteiger partial charge in [0.05, 0.1) is 37.1 Å². The van der Waals surface area contributed by atoms with Gasteiger partial charge >= 0.3 is 7.82 Å². The molecule has 0 spiro atoms. The van der Waals surface area contributed by atoms with Crippen molar-refractivity contribution in [2.75, 3.05) is 19.8 Å². The Morgan fingerprint density at radius 2 is 1.41 bits per heavy atom. The molecule has 0 bridgehead atoms. The average Bonchev–Trinajstić information content (AvgIpc) is 3.04. The molecule has 0 fully saturated rings. The summed E-state index contributed by atoms with van der Waals surface area (Å²) >= 11 is 0. The van der Waals surface area contributed by atoms with Gasteiger partial charge in [-0.05, 0) is 50.8 Å². The van der Waals surface area contributed by atoms with Crippen molar-refractivity contribution in [3.8, 4) is 0 Å². The molecule has 1 heterocycles. The van der Waals surface area contributed by atoms with E-state index in [1.165, 1.54) is 0 Å². The monoisotopic (exact) mass is 461 g/mol. The number of carbonyl (C=O) groups is 2. The van der Waals surface area contributed by atoms with Crippen molar-refractivity contribution in [3.05, 3.63) is 71.3 Å². The fraction of sp³-hybridized carbons (Fsp3) is 0.391. The molecule has 0 aromatic heterocycles. The van der Waals surface area contributed by atoms with Crippen molar-refractivity contribution in [2.45, 2.75) is 39.2 Å². The SMILES string of the molecule is CCOP(=O)(OCC)OC(CCCCON1C(=O)c2ccccc2C1=O)c1ccccc1. The maximum atomic E-state index is 12.9. The summed E-state index contributed by atoms with van der Waals surface area (Å²) in [6.07, 6.45) is 1.23. The van der Waals surface area contributed by atoms with Crippen LogP contribution < -0.4 is 0 Å². The number of imide groups is 1. The highest BCUT2D eigenvalue weighted by molar-refractivity contribution is 7.48. The normalized spacial score (nSPS) is 14.6. The van der Waals surface area contributed by atoms with Crippen LogP contribution in [0.4, 0.5) is 0 Å². The first-order valence-electron chi connectivity index (χ1n) is 10.7. The summed E-state index contributed by atoms with van der Waals surface area (Å²) in [5.74, 6) is -0.907. The molecule has 172 valence electrons. The lowest BCUT2D eigenvalue weighted by molar-refractivity contribution is -0.0926. The number of amides is 2. The van der Waals surface area contributed by atoms with Gasteiger partial charge in [0.2, 0.25) is 0 Å². The van der Waals surface area contributed by atoms with Crippen LogP contribution in [-0.2, 0) is 23.0 Å². The number of hydrogen-bond acceptors (Lipinski definition) is 7. The molecular weight excluding hydrogens is 433 g/mol. The number of phosphoric acid groups is 1. The van der Waals surface area contributed by atoms with Crippen LogP contribution in [0, 0.1) is 0 Å². The van der Waals surface area contributed by atoms with Crippen molar-refractivity contribution in [1.82, 2.24) is 5.06 Å². The molecule has 2 aromatic rings. The van der Waals surface area contributed by atoms with E-state index in [0.717, 1.165) is 10.6 Å². The molecule has 1 unspecified atom stereocenters. The summed E-state index contributed by atoms with van der Waals surface area (Å²) < 4.78 is 29.2. The second kappa shape index (κ2) is 11.5. The number of phosphoric ester groups is 1. The highest BCUT2D eigenvalue weighted by atomic mass is 31.2. The van der Waals surface area contributed by atoms with Gasteiger partial charge in [-0.1, -0.05) is 42.5 Å². The molecule has 0 aliphatic carbocycles. The number of rotatable bonds is 13. The summed E-state index contributed by atoms with van der Waals surface area (Å²) in [5, 5.41) is 0.814. The first-order valence-corrected chi connectivity index (χ1v) is 12.2. The lowest BCUT2D eigenvalue weighted by Crippen LogP contribution is -2.30. The van der Waals surface area contributed by atoms with E-state index in [9.17, 15) is 14.2 Å². The van der Waals surface area contributed by atoms with Gasteiger partial charge in [-0.25, -0.2) is 4.57 Å². The van der Waals surface area contributed by atoms with E-state index in [4.69, 9.17) is 18.4 Å². The van der Waals surface area contributed by atoms with E-state index in [1.54, 1.807) is 38.1 Å². The van der Waals surface area contributed by atoms with Crippen molar-refractivity contribution in [1.29, 1.82) is 0 Å². The predicted octanol–water partition coefficient (Wildman–Crippen LogP) is 5.32. The molecule has 1 aliphatic rings. The quantitative estimate of drug-likeness (QED) is 0.226. The molecule has 2 amide bonds. The Bertz CT molecular complexity index is 921. The summed E-state index contributed by atoms with van der Waals surface area (Å²) in [4.78, 5) is 30.2. The van der Waals surface area contributed by atoms with E-state index in [-0.39, 0.29) is 19.8 Å². The number of fused-ring (bicyclic) bond motifs is 1. The zero-order valence-corrected chi connectivity index (χ0v) is 19.2. The van der Waals surface area contributed by atoms with Gasteiger partial charge in [-0.2, -0.15) is 0 Å². The zero-order chi connectivity index (χ0) is 23.0. The predicted molar refractivity (Wildman–Crippen MR) is 118 cm³/mol. The minimum absolute atomic E-state index is 0.182. The molecule has 0 radical (unpaired) electrons. The Balaban J connectivity index is 1.55. The van der Waals surface area contributed by atoms with Gasteiger partial charge in [0.25, 0.3) is 11.8 Å². The first kappa shape index (κ1) is 24.3. The lowest BCUT2D eigenvalue weighted by Gasteiger charge is -2.24. The third kappa shape index (κ3) is 5.91. The molecular formula is C23H28NO7P. The van der Waals surface area contributed by atoms with Crippen molar-refractivity contribution >= 4 is 19.6 Å². The average molecular weight is 461 g/mol. The number of benzene rings is 2. The van der Waals surface area contributed by atoms with Crippen LogP contribution >= 0.6 is 7.82 Å². The standard InChI is InChI=1S/C23H28NO7P/c1-3-29-32(27,30-4-2)31-21(18-12-6-5-7-13-18)16-10-11-17-28-24-22(25)19-14-8-9-15-20(19)23(24)26/h5-9,12-15,21H,3-4,10-11,16-17H2,1-2H3. The van der Waals surface area contributed by atoms with Crippen LogP contribution in [0.1, 0.15) is 65.5 Å². The highest BCUT2D eigenvalue weighted by Gasteiger charge is 2.36. The van der Waals surface area contributed by atoms with Crippen LogP contribution in [0.3, 0.4) is 0 Å². The maximum Gasteiger partial charge on any atom is 0.475 e. The molecule has 9 heteroatoms. The van der Waals surface area contributed by atoms with Crippen molar-refractivity contribution in [2.24, 2.45) is 0 Å². The molecule has 3 rings (SSSR count). The fourth-order valence-corrected chi connectivity index (χ4v) is 4.76. The minimum atomic E-state index is -3.69. The van der Waals surface area contributed by atoms with E-state index in [1.807, 2.05) is 30.3 Å². The number of unbranched alkanes of at least 4 members (excludes halogenated alkanes) is 1. The second-order valence-corrected chi connectivity index (χ2v) is 8.69. The van der Waals surface area contributed by atoms with Crippen LogP contribution in [0.25, 0.3) is 0 Å². The van der Waals surface area contributed by atoms with Gasteiger partial charge < -0.3 is 0 Å². The maximum absolute atomic E-state index is 12.9. The number of carbonyl (C=O) groups excluding carboxylic acids is 2. The topological polar surface area (TPSA) is 91.4 Å². The number of nitrogens with zero attached hydrogens (tertiary/aromatic N) is 1. The van der Waals surface area contributed by atoms with Gasteiger partial charge in [0, 0.05) is 0 Å². The minimum Gasteiger partial charge on any atom is -0.287 e. The molecule has 1 atom stereocenters. The van der Waals surface area contributed by atoms with Gasteiger partial charge in [0.1, 0.15) is 0 Å². The Morgan fingerprint density at radius 3 is 1.97 bits per heavy atom. The molecule has 0 N–H and O–H groups in total. The third-order valence-electron chi connectivity index (χ3n) is 4.84. The van der Waals surface area contributed by atoms with Gasteiger partial charge in [-0.3, -0.25) is 28.0 Å². The summed E-state index contributed by atoms with van der Waals surface area (Å²) in [7, 11) is -3.69. The molecule has 0 saturated heterocycles. The molecule has 1 aliphatic heterocycles. The van der Waals surface area contributed by atoms with Gasteiger partial charge in [-0.15, -0.1) is 5.06 Å². The molecule has 2 aromatic carbocycles. The van der Waals surface area contributed by atoms with Crippen molar-refractivity contribution < 1.29 is 32.6 Å². The van der Waals surface area contributed by atoms with E-state index in [2.05, 4.69) is 0 Å². The van der Waals surface area contributed by atoms with Crippen molar-refractivity contribution in [3.63, 3.8) is 0 Å². The highest BCUT2D eigenvalue weighted by Crippen LogP contribution is 2.53. The van der Waals surface area contributed by atoms with Crippen LogP contribution in [-0.4, -0.2) is 36.7 Å². The smallest absolute Gasteiger partial charge is 0.287 e. The Labute approximate surface area is 188 Å². The Kier molecular flexibility index (Phi) is 8.73. The lowest BCUT2D eigenvalue weighted by atomic mass is 10.0. The second-order valence-electron chi connectivity index (χ2n) is 7.07. The Hall–Kier alpha value is -2.35. The van der Waals surface area contributed by atoms with Crippen LogP contribution in [0.2, 0.25) is 0 Å². The van der Waals surface area contributed by atoms with Crippen LogP contribution in [0.5, 0.6) is 0 Å². The van der Waals surface area contributed by atoms with E-state index < -0.39 is 25.7 Å². The summed E-state index contributed by atoms with van der Waals surface area (Å²) in [5.41, 5.74) is 1.55. The van der Waals surface area contributed by atoms with E-state index >= 15 is 0 Å².